The van der Waals surface area contributed by atoms with Gasteiger partial charge in [-0.15, -0.1) is 0 Å². The molecule has 0 aliphatic carbocycles. The maximum atomic E-state index is 13.9. The highest BCUT2D eigenvalue weighted by Crippen LogP contribution is 2.27. The molecule has 136 valence electrons. The molecule has 0 aromatic heterocycles. The first kappa shape index (κ1) is 18.1. The third-order valence-corrected chi connectivity index (χ3v) is 4.24. The van der Waals surface area contributed by atoms with Gasteiger partial charge in [0.05, 0.1) is 18.1 Å². The van der Waals surface area contributed by atoms with Crippen LogP contribution in [0.2, 0.25) is 5.02 Å². The molecule has 1 saturated heterocycles. The van der Waals surface area contributed by atoms with E-state index in [9.17, 15) is 19.3 Å². The summed E-state index contributed by atoms with van der Waals surface area (Å²) in [6.07, 6.45) is 0. The minimum atomic E-state index is -0.669. The number of amides is 1. The molecule has 1 aliphatic rings. The fraction of sp³-hybridized carbons (Fsp3) is 0.235. The zero-order valence-corrected chi connectivity index (χ0v) is 14.3. The Morgan fingerprint density at radius 1 is 1.23 bits per heavy atom. The van der Waals surface area contributed by atoms with E-state index in [0.717, 1.165) is 6.07 Å². The van der Waals surface area contributed by atoms with Crippen LogP contribution in [0.5, 0.6) is 0 Å². The normalized spacial score (nSPS) is 14.2. The summed E-state index contributed by atoms with van der Waals surface area (Å²) in [7, 11) is 0. The number of morpholine rings is 1. The minimum Gasteiger partial charge on any atom is -0.378 e. The third-order valence-electron chi connectivity index (χ3n) is 3.92. The lowest BCUT2D eigenvalue weighted by Gasteiger charge is -2.29. The Kier molecular flexibility index (Phi) is 5.34. The summed E-state index contributed by atoms with van der Waals surface area (Å²) >= 11 is 5.74. The number of hydrogen-bond acceptors (Lipinski definition) is 5. The van der Waals surface area contributed by atoms with Gasteiger partial charge in [-0.1, -0.05) is 11.6 Å². The summed E-state index contributed by atoms with van der Waals surface area (Å²) in [4.78, 5) is 24.6. The van der Waals surface area contributed by atoms with Gasteiger partial charge < -0.3 is 15.0 Å². The Hall–Kier alpha value is -2.71. The molecular weight excluding hydrogens is 365 g/mol. The van der Waals surface area contributed by atoms with Gasteiger partial charge in [0.2, 0.25) is 0 Å². The van der Waals surface area contributed by atoms with E-state index in [1.807, 2.05) is 4.90 Å². The molecule has 2 aromatic rings. The van der Waals surface area contributed by atoms with Crippen molar-refractivity contribution >= 4 is 34.6 Å². The summed E-state index contributed by atoms with van der Waals surface area (Å²) in [6, 6.07) is 7.95. The molecule has 7 nitrogen and oxygen atoms in total. The molecule has 1 aliphatic heterocycles. The average Bonchev–Trinajstić information content (AvgIpc) is 2.62. The van der Waals surface area contributed by atoms with E-state index in [0.29, 0.717) is 32.0 Å². The van der Waals surface area contributed by atoms with Gasteiger partial charge in [0.25, 0.3) is 11.6 Å². The summed E-state index contributed by atoms with van der Waals surface area (Å²) in [6.45, 7) is 2.35. The van der Waals surface area contributed by atoms with Crippen molar-refractivity contribution in [3.63, 3.8) is 0 Å². The highest BCUT2D eigenvalue weighted by Gasteiger charge is 2.18. The Labute approximate surface area is 153 Å². The number of ether oxygens (including phenoxy) is 1. The molecule has 0 radical (unpaired) electrons. The van der Waals surface area contributed by atoms with Crippen LogP contribution in [0, 0.1) is 15.9 Å². The maximum Gasteiger partial charge on any atom is 0.288 e. The van der Waals surface area contributed by atoms with Gasteiger partial charge in [-0.05, 0) is 30.3 Å². The summed E-state index contributed by atoms with van der Waals surface area (Å²) in [5, 5.41) is 13.4. The second-order valence-electron chi connectivity index (χ2n) is 5.67. The predicted molar refractivity (Wildman–Crippen MR) is 95.5 cm³/mol. The molecule has 26 heavy (non-hydrogen) atoms. The molecule has 0 atom stereocenters. The van der Waals surface area contributed by atoms with Crippen LogP contribution in [0.25, 0.3) is 0 Å². The molecule has 0 bridgehead atoms. The van der Waals surface area contributed by atoms with Crippen LogP contribution in [0.3, 0.4) is 0 Å². The molecule has 0 saturated carbocycles. The Balaban J connectivity index is 1.82. The number of nitrogens with one attached hydrogen (secondary N) is 1. The Morgan fingerprint density at radius 3 is 2.65 bits per heavy atom. The molecule has 1 fully saturated rings. The number of nitrogens with zero attached hydrogens (tertiary/aromatic N) is 2. The molecule has 3 rings (SSSR count). The van der Waals surface area contributed by atoms with Gasteiger partial charge >= 0.3 is 0 Å². The Bertz CT molecular complexity index is 856. The molecular formula is C17H15ClFN3O4. The molecule has 9 heteroatoms. The lowest BCUT2D eigenvalue weighted by molar-refractivity contribution is -0.384. The first-order valence-electron chi connectivity index (χ1n) is 7.82. The molecule has 0 unspecified atom stereocenters. The number of nitro groups is 1. The minimum absolute atomic E-state index is 0.0540. The average molecular weight is 380 g/mol. The number of nitro benzene ring substituents is 1. The van der Waals surface area contributed by atoms with E-state index in [-0.39, 0.29) is 22.0 Å². The fourth-order valence-corrected chi connectivity index (χ4v) is 2.83. The number of hydrogen-bond donors (Lipinski definition) is 1. The van der Waals surface area contributed by atoms with Crippen LogP contribution in [0.4, 0.5) is 21.5 Å². The van der Waals surface area contributed by atoms with Crippen molar-refractivity contribution < 1.29 is 18.8 Å². The first-order chi connectivity index (χ1) is 12.4. The van der Waals surface area contributed by atoms with Crippen LogP contribution in [-0.2, 0) is 4.74 Å². The predicted octanol–water partition coefficient (Wildman–Crippen LogP) is 3.48. The molecule has 1 N–H and O–H groups in total. The van der Waals surface area contributed by atoms with Crippen LogP contribution in [-0.4, -0.2) is 37.1 Å². The quantitative estimate of drug-likeness (QED) is 0.649. The van der Waals surface area contributed by atoms with Gasteiger partial charge in [0.15, 0.2) is 0 Å². The lowest BCUT2D eigenvalue weighted by atomic mass is 10.1. The van der Waals surface area contributed by atoms with Crippen LogP contribution in [0.15, 0.2) is 36.4 Å². The van der Waals surface area contributed by atoms with E-state index >= 15 is 0 Å². The van der Waals surface area contributed by atoms with E-state index in [1.165, 1.54) is 24.3 Å². The zero-order valence-electron chi connectivity index (χ0n) is 13.6. The van der Waals surface area contributed by atoms with Gasteiger partial charge in [-0.3, -0.25) is 14.9 Å². The van der Waals surface area contributed by atoms with Crippen molar-refractivity contribution in [3.05, 3.63) is 62.9 Å². The van der Waals surface area contributed by atoms with Crippen molar-refractivity contribution in [3.8, 4) is 0 Å². The summed E-state index contributed by atoms with van der Waals surface area (Å²) < 4.78 is 19.2. The SMILES string of the molecule is O=C(Nc1cc(F)cc(N2CCOCC2)c1)c1ccc(Cl)c([N+](=O)[O-])c1. The topological polar surface area (TPSA) is 84.7 Å². The number of benzene rings is 2. The van der Waals surface area contributed by atoms with Gasteiger partial charge in [0.1, 0.15) is 10.8 Å². The Morgan fingerprint density at radius 2 is 1.96 bits per heavy atom. The summed E-state index contributed by atoms with van der Waals surface area (Å²) in [5.74, 6) is -1.09. The highest BCUT2D eigenvalue weighted by atomic mass is 35.5. The van der Waals surface area contributed by atoms with Gasteiger partial charge in [-0.25, -0.2) is 4.39 Å². The van der Waals surface area contributed by atoms with Crippen molar-refractivity contribution in [2.24, 2.45) is 0 Å². The number of halogens is 2. The molecule has 1 heterocycles. The smallest absolute Gasteiger partial charge is 0.288 e. The van der Waals surface area contributed by atoms with Gasteiger partial charge in [0, 0.05) is 36.1 Å². The van der Waals surface area contributed by atoms with E-state index in [4.69, 9.17) is 16.3 Å². The number of carbonyl (C=O) groups excluding carboxylic acids is 1. The van der Waals surface area contributed by atoms with Crippen LogP contribution >= 0.6 is 11.6 Å². The van der Waals surface area contributed by atoms with Gasteiger partial charge in [-0.2, -0.15) is 0 Å². The molecule has 1 amide bonds. The molecule has 0 spiro atoms. The number of anilines is 2. The lowest BCUT2D eigenvalue weighted by Crippen LogP contribution is -2.36. The second kappa shape index (κ2) is 7.67. The number of carbonyl (C=O) groups is 1. The van der Waals surface area contributed by atoms with Crippen molar-refractivity contribution in [2.45, 2.75) is 0 Å². The third kappa shape index (κ3) is 4.09. The van der Waals surface area contributed by atoms with Crippen molar-refractivity contribution in [1.82, 2.24) is 0 Å². The van der Waals surface area contributed by atoms with Crippen molar-refractivity contribution in [1.29, 1.82) is 0 Å². The van der Waals surface area contributed by atoms with Crippen LogP contribution < -0.4 is 10.2 Å². The number of rotatable bonds is 4. The summed E-state index contributed by atoms with van der Waals surface area (Å²) in [5.41, 5.74) is 0.575. The second-order valence-corrected chi connectivity index (χ2v) is 6.08. The zero-order chi connectivity index (χ0) is 18.7. The first-order valence-corrected chi connectivity index (χ1v) is 8.20. The molecule has 2 aromatic carbocycles. The van der Waals surface area contributed by atoms with Crippen LogP contribution in [0.1, 0.15) is 10.4 Å². The highest BCUT2D eigenvalue weighted by molar-refractivity contribution is 6.32. The van der Waals surface area contributed by atoms with E-state index in [1.54, 1.807) is 6.07 Å². The fourth-order valence-electron chi connectivity index (χ4n) is 2.65. The van der Waals surface area contributed by atoms with E-state index in [2.05, 4.69) is 5.32 Å². The van der Waals surface area contributed by atoms with E-state index < -0.39 is 16.6 Å². The largest absolute Gasteiger partial charge is 0.378 e. The standard InChI is InChI=1S/C17H15ClFN3O4/c18-15-2-1-11(7-16(15)22(24)25)17(23)20-13-8-12(19)9-14(10-13)21-3-5-26-6-4-21/h1-2,7-10H,3-6H2,(H,20,23). The maximum absolute atomic E-state index is 13.9. The van der Waals surface area contributed by atoms with Crippen molar-refractivity contribution in [2.75, 3.05) is 36.5 Å². The monoisotopic (exact) mass is 379 g/mol.